The van der Waals surface area contributed by atoms with E-state index in [4.69, 9.17) is 14.4 Å². The van der Waals surface area contributed by atoms with Crippen LogP contribution in [-0.4, -0.2) is 23.7 Å². The summed E-state index contributed by atoms with van der Waals surface area (Å²) in [4.78, 5) is 10.5. The van der Waals surface area contributed by atoms with Gasteiger partial charge in [0, 0.05) is 33.7 Å². The van der Waals surface area contributed by atoms with Crippen LogP contribution in [0.1, 0.15) is 26.3 Å². The van der Waals surface area contributed by atoms with Crippen molar-refractivity contribution in [3.8, 4) is 50.8 Å². The number of pyridine rings is 1. The second-order valence-electron chi connectivity index (χ2n) is 19.2. The summed E-state index contributed by atoms with van der Waals surface area (Å²) in [5.41, 5.74) is 16.5. The number of benzene rings is 9. The van der Waals surface area contributed by atoms with E-state index >= 15 is 0 Å². The van der Waals surface area contributed by atoms with E-state index in [-0.39, 0.29) is 26.5 Å². The Morgan fingerprint density at radius 3 is 1.89 bits per heavy atom. The van der Waals surface area contributed by atoms with E-state index in [1.54, 1.807) is 0 Å². The number of furan rings is 1. The van der Waals surface area contributed by atoms with Crippen molar-refractivity contribution in [2.75, 3.05) is 0 Å². The molecule has 0 amide bonds. The third-order valence-electron chi connectivity index (χ3n) is 14.1. The molecule has 0 bridgehead atoms. The molecule has 14 rings (SSSR count). The van der Waals surface area contributed by atoms with Gasteiger partial charge in [0.15, 0.2) is 0 Å². The van der Waals surface area contributed by atoms with Crippen LogP contribution in [0.25, 0.3) is 127 Å². The average molecular weight is 1090 g/mol. The van der Waals surface area contributed by atoms with Crippen LogP contribution in [-0.2, 0) is 26.5 Å². The molecule has 0 saturated carbocycles. The Morgan fingerprint density at radius 2 is 1.11 bits per heavy atom. The molecule has 0 unspecified atom stereocenters. The Bertz CT molecular complexity index is 4400. The monoisotopic (exact) mass is 1090 g/mol. The number of aromatic nitrogens is 5. The van der Waals surface area contributed by atoms with Gasteiger partial charge in [0.1, 0.15) is 5.58 Å². The van der Waals surface area contributed by atoms with Crippen LogP contribution in [0.2, 0.25) is 0 Å². The van der Waals surface area contributed by atoms with E-state index < -0.39 is 0 Å². The largest absolute Gasteiger partial charge is 2.00 e. The minimum absolute atomic E-state index is 0. The fourth-order valence-corrected chi connectivity index (χ4v) is 10.8. The molecule has 5 aromatic heterocycles. The van der Waals surface area contributed by atoms with Gasteiger partial charge in [0.25, 0.3) is 0 Å². The first-order valence-corrected chi connectivity index (χ1v) is 23.8. The molecule has 0 radical (unpaired) electrons. The molecule has 7 heteroatoms. The molecule has 0 aliphatic carbocycles. The summed E-state index contributed by atoms with van der Waals surface area (Å²) in [6.07, 6.45) is 1.92. The summed E-state index contributed by atoms with van der Waals surface area (Å²) in [7, 11) is 0. The minimum Gasteiger partial charge on any atom is -0.500 e. The summed E-state index contributed by atoms with van der Waals surface area (Å²) in [6.45, 7) is 6.71. The zero-order chi connectivity index (χ0) is 46.7. The van der Waals surface area contributed by atoms with E-state index in [1.165, 1.54) is 5.56 Å². The molecular weight excluding hydrogens is 1050 g/mol. The van der Waals surface area contributed by atoms with Crippen molar-refractivity contribution in [2.24, 2.45) is 0 Å². The minimum atomic E-state index is -0.100. The van der Waals surface area contributed by atoms with Crippen molar-refractivity contribution in [1.82, 2.24) is 23.7 Å². The zero-order valence-corrected chi connectivity index (χ0v) is 41.4. The maximum Gasteiger partial charge on any atom is 2.00 e. The van der Waals surface area contributed by atoms with Crippen LogP contribution in [0, 0.1) is 12.1 Å². The van der Waals surface area contributed by atoms with Gasteiger partial charge < -0.3 is 18.5 Å². The fraction of sp³-hybridized carbons (Fsp3) is 0.0625. The van der Waals surface area contributed by atoms with Gasteiger partial charge >= 0.3 is 21.1 Å². The second-order valence-corrected chi connectivity index (χ2v) is 19.2. The molecule has 9 aromatic carbocycles. The molecule has 0 aliphatic rings. The summed E-state index contributed by atoms with van der Waals surface area (Å²) in [6, 6.07) is 78.7. The van der Waals surface area contributed by atoms with E-state index in [0.29, 0.717) is 0 Å². The number of nitrogens with zero attached hydrogens (tertiary/aromatic N) is 5. The Kier molecular flexibility index (Phi) is 9.88. The van der Waals surface area contributed by atoms with Crippen LogP contribution in [0.5, 0.6) is 0 Å². The molecular formula is C64H43N5OPt. The molecule has 0 N–H and O–H groups in total. The predicted molar refractivity (Wildman–Crippen MR) is 288 cm³/mol. The first-order valence-electron chi connectivity index (χ1n) is 23.8. The summed E-state index contributed by atoms with van der Waals surface area (Å²) in [5.74, 6) is 0.783. The molecule has 14 aromatic rings. The SMILES string of the molecule is CC(C)(C)c1ccnc(-c2[c-]c3c(c4ccccc4n3-c3[c-]c4c(cc3)c3ccccc3n4-c3nc4ccccc4n3-c3ccccc3-c3ccccc3)c3c2oc2c(-c4ccccc4)cccc23)c1.[Pt+2]. The van der Waals surface area contributed by atoms with Gasteiger partial charge in [-0.1, -0.05) is 195 Å². The molecule has 6 nitrogen and oxygen atoms in total. The standard InChI is InChI=1S/C64H43N5O.Pt/c1-64(2,3)42-35-36-65-52(37-42)50-39-58-59(60-49-27-18-26-45(61(49)70-62(50)60)41-21-8-5-9-22-41)48-25-12-16-31-55(48)67(58)43-33-34-47-46-24-11-15-30-54(46)69(57(47)38-43)63-66-51-28-13-17-32-56(51)68(63)53-29-14-10-23-44(53)40-19-6-4-7-20-40;/h4-37H,1-3H3;/q-2;+2. The van der Waals surface area contributed by atoms with Gasteiger partial charge in [-0.3, -0.25) is 4.57 Å². The van der Waals surface area contributed by atoms with Crippen LogP contribution in [0.4, 0.5) is 0 Å². The molecule has 0 fully saturated rings. The van der Waals surface area contributed by atoms with Crippen LogP contribution < -0.4 is 0 Å². The third-order valence-corrected chi connectivity index (χ3v) is 14.1. The Morgan fingerprint density at radius 1 is 0.479 bits per heavy atom. The number of imidazole rings is 1. The summed E-state index contributed by atoms with van der Waals surface area (Å²) < 4.78 is 14.1. The Balaban J connectivity index is 0.00000492. The number of para-hydroxylation sites is 6. The third kappa shape index (κ3) is 6.59. The van der Waals surface area contributed by atoms with Crippen molar-refractivity contribution in [3.63, 3.8) is 0 Å². The Hall–Kier alpha value is -8.31. The molecule has 340 valence electrons. The maximum atomic E-state index is 7.19. The van der Waals surface area contributed by atoms with E-state index in [9.17, 15) is 0 Å². The number of hydrogen-bond acceptors (Lipinski definition) is 3. The summed E-state index contributed by atoms with van der Waals surface area (Å²) in [5, 5.41) is 6.45. The topological polar surface area (TPSA) is 53.7 Å². The molecule has 5 heterocycles. The number of hydrogen-bond donors (Lipinski definition) is 0. The van der Waals surface area contributed by atoms with Crippen LogP contribution >= 0.6 is 0 Å². The van der Waals surface area contributed by atoms with Gasteiger partial charge in [0.2, 0.25) is 5.95 Å². The van der Waals surface area contributed by atoms with Gasteiger partial charge in [0.05, 0.1) is 22.3 Å². The molecule has 0 spiro atoms. The van der Waals surface area contributed by atoms with E-state index in [1.807, 2.05) is 6.20 Å². The first-order chi connectivity index (χ1) is 34.4. The molecule has 0 aliphatic heterocycles. The smallest absolute Gasteiger partial charge is 0.500 e. The normalized spacial score (nSPS) is 12.0. The van der Waals surface area contributed by atoms with Gasteiger partial charge in [-0.15, -0.1) is 23.6 Å². The number of rotatable bonds is 6. The van der Waals surface area contributed by atoms with Crippen molar-refractivity contribution < 1.29 is 25.5 Å². The molecule has 0 saturated heterocycles. The van der Waals surface area contributed by atoms with Crippen LogP contribution in [0.3, 0.4) is 0 Å². The van der Waals surface area contributed by atoms with Crippen molar-refractivity contribution >= 4 is 76.6 Å². The maximum absolute atomic E-state index is 7.19. The quantitative estimate of drug-likeness (QED) is 0.156. The van der Waals surface area contributed by atoms with Crippen LogP contribution in [0.15, 0.2) is 211 Å². The van der Waals surface area contributed by atoms with Gasteiger partial charge in [-0.05, 0) is 85.9 Å². The predicted octanol–water partition coefficient (Wildman–Crippen LogP) is 16.4. The first kappa shape index (κ1) is 42.8. The van der Waals surface area contributed by atoms with E-state index in [2.05, 4.69) is 247 Å². The number of fused-ring (bicyclic) bond motifs is 11. The van der Waals surface area contributed by atoms with Crippen molar-refractivity contribution in [2.45, 2.75) is 26.2 Å². The van der Waals surface area contributed by atoms with Gasteiger partial charge in [-0.25, -0.2) is 4.98 Å². The van der Waals surface area contributed by atoms with E-state index in [0.717, 1.165) is 127 Å². The molecule has 71 heavy (non-hydrogen) atoms. The summed E-state index contributed by atoms with van der Waals surface area (Å²) >= 11 is 0. The van der Waals surface area contributed by atoms with Crippen molar-refractivity contribution in [1.29, 1.82) is 0 Å². The zero-order valence-electron chi connectivity index (χ0n) is 39.1. The van der Waals surface area contributed by atoms with Gasteiger partial charge in [-0.2, -0.15) is 6.07 Å². The molecule has 0 atom stereocenters. The second kappa shape index (κ2) is 16.4. The average Bonchev–Trinajstić information content (AvgIpc) is 4.16. The fourth-order valence-electron chi connectivity index (χ4n) is 10.8. The Labute approximate surface area is 424 Å². The van der Waals surface area contributed by atoms with Crippen molar-refractivity contribution in [3.05, 3.63) is 224 Å².